The minimum atomic E-state index is -0.420. The van der Waals surface area contributed by atoms with E-state index in [-0.39, 0.29) is 11.7 Å². The zero-order chi connectivity index (χ0) is 14.4. The third kappa shape index (κ3) is 4.06. The van der Waals surface area contributed by atoms with Gasteiger partial charge in [-0.1, -0.05) is 11.8 Å². The van der Waals surface area contributed by atoms with E-state index in [4.69, 9.17) is 4.74 Å². The van der Waals surface area contributed by atoms with Crippen LogP contribution in [0, 0.1) is 0 Å². The number of anilines is 1. The first kappa shape index (κ1) is 15.0. The Bertz CT molecular complexity index is 581. The maximum Gasteiger partial charge on any atom is 0.341 e. The molecule has 0 fully saturated rings. The predicted molar refractivity (Wildman–Crippen MR) is 81.7 cm³/mol. The van der Waals surface area contributed by atoms with Crippen molar-refractivity contribution in [3.05, 3.63) is 28.6 Å². The summed E-state index contributed by atoms with van der Waals surface area (Å²) in [4.78, 5) is 27.6. The molecule has 0 aliphatic rings. The fourth-order valence-electron chi connectivity index (χ4n) is 1.35. The van der Waals surface area contributed by atoms with Crippen LogP contribution in [-0.2, 0) is 9.53 Å². The van der Waals surface area contributed by atoms with Gasteiger partial charge in [-0.25, -0.2) is 9.78 Å². The van der Waals surface area contributed by atoms with E-state index in [9.17, 15) is 9.59 Å². The molecule has 1 amide bonds. The molecule has 0 aromatic carbocycles. The van der Waals surface area contributed by atoms with Gasteiger partial charge in [0.2, 0.25) is 5.91 Å². The summed E-state index contributed by atoms with van der Waals surface area (Å²) in [5.41, 5.74) is 0.393. The van der Waals surface area contributed by atoms with Crippen molar-refractivity contribution >= 4 is 51.3 Å². The quantitative estimate of drug-likeness (QED) is 0.652. The Kier molecular flexibility index (Phi) is 5.57. The molecule has 2 heterocycles. The molecule has 1 N–H and O–H groups in total. The van der Waals surface area contributed by atoms with E-state index in [0.29, 0.717) is 17.2 Å². The lowest BCUT2D eigenvalue weighted by molar-refractivity contribution is -0.113. The Hall–Kier alpha value is -1.38. The minimum Gasteiger partial charge on any atom is -0.462 e. The van der Waals surface area contributed by atoms with Crippen molar-refractivity contribution in [3.63, 3.8) is 0 Å². The molecule has 0 bridgehead atoms. The number of carbonyl (C=O) groups excluding carboxylic acids is 2. The third-order valence-electron chi connectivity index (χ3n) is 2.15. The summed E-state index contributed by atoms with van der Waals surface area (Å²) in [6.07, 6.45) is 1.70. The first-order valence-corrected chi connectivity index (χ1v) is 8.52. The summed E-state index contributed by atoms with van der Waals surface area (Å²) in [6, 6.07) is 1.65. The Morgan fingerprint density at radius 1 is 1.40 bits per heavy atom. The number of nitrogens with zero attached hydrogens (tertiary/aromatic N) is 1. The molecule has 0 aliphatic carbocycles. The molecule has 5 nitrogen and oxygen atoms in total. The van der Waals surface area contributed by atoms with Gasteiger partial charge < -0.3 is 10.1 Å². The van der Waals surface area contributed by atoms with Crippen molar-refractivity contribution in [1.29, 1.82) is 0 Å². The van der Waals surface area contributed by atoms with Gasteiger partial charge in [-0.3, -0.25) is 4.79 Å². The number of esters is 1. The van der Waals surface area contributed by atoms with Gasteiger partial charge in [0.05, 0.1) is 17.9 Å². The number of amides is 1. The fourth-order valence-corrected chi connectivity index (χ4v) is 3.58. The van der Waals surface area contributed by atoms with Gasteiger partial charge in [0.1, 0.15) is 9.34 Å². The molecule has 0 aliphatic heterocycles. The number of hydrogen-bond donors (Lipinski definition) is 1. The normalized spacial score (nSPS) is 10.2. The molecule has 2 aromatic rings. The van der Waals surface area contributed by atoms with Crippen molar-refractivity contribution in [2.45, 2.75) is 11.3 Å². The van der Waals surface area contributed by atoms with Crippen LogP contribution in [0.3, 0.4) is 0 Å². The Morgan fingerprint density at radius 2 is 2.25 bits per heavy atom. The second kappa shape index (κ2) is 7.41. The molecule has 0 saturated heterocycles. The maximum absolute atomic E-state index is 11.8. The predicted octanol–water partition coefficient (Wildman–Crippen LogP) is 3.11. The van der Waals surface area contributed by atoms with Gasteiger partial charge in [-0.15, -0.1) is 22.7 Å². The van der Waals surface area contributed by atoms with Gasteiger partial charge in [-0.2, -0.15) is 0 Å². The smallest absolute Gasteiger partial charge is 0.341 e. The first-order chi connectivity index (χ1) is 9.70. The van der Waals surface area contributed by atoms with E-state index < -0.39 is 5.97 Å². The number of nitrogens with one attached hydrogen (secondary N) is 1. The van der Waals surface area contributed by atoms with Gasteiger partial charge in [0.25, 0.3) is 0 Å². The lowest BCUT2D eigenvalue weighted by atomic mass is 10.3. The topological polar surface area (TPSA) is 68.3 Å². The average molecular weight is 328 g/mol. The minimum absolute atomic E-state index is 0.168. The standard InChI is InChI=1S/C12H12N2O3S3/c1-2-17-11(16)8-3-5-18-10(8)14-9(15)7-20-12-13-4-6-19-12/h3-6H,2,7H2,1H3,(H,14,15). The summed E-state index contributed by atoms with van der Waals surface area (Å²) in [7, 11) is 0. The summed E-state index contributed by atoms with van der Waals surface area (Å²) < 4.78 is 5.77. The number of thiazole rings is 1. The highest BCUT2D eigenvalue weighted by Crippen LogP contribution is 2.25. The van der Waals surface area contributed by atoms with Crippen LogP contribution in [0.25, 0.3) is 0 Å². The summed E-state index contributed by atoms with van der Waals surface area (Å²) >= 11 is 4.15. The Balaban J connectivity index is 1.91. The SMILES string of the molecule is CCOC(=O)c1ccsc1NC(=O)CSc1nccs1. The third-order valence-corrected chi connectivity index (χ3v) is 4.95. The van der Waals surface area contributed by atoms with Gasteiger partial charge in [-0.05, 0) is 18.4 Å². The molecule has 8 heteroatoms. The number of thioether (sulfide) groups is 1. The number of carbonyl (C=O) groups is 2. The first-order valence-electron chi connectivity index (χ1n) is 5.77. The molecule has 2 aromatic heterocycles. The Labute approximate surface area is 128 Å². The number of aromatic nitrogens is 1. The van der Waals surface area contributed by atoms with Crippen LogP contribution in [0.5, 0.6) is 0 Å². The van der Waals surface area contributed by atoms with E-state index in [1.807, 2.05) is 5.38 Å². The van der Waals surface area contributed by atoms with E-state index >= 15 is 0 Å². The molecule has 20 heavy (non-hydrogen) atoms. The number of ether oxygens (including phenoxy) is 1. The van der Waals surface area contributed by atoms with Crippen molar-refractivity contribution in [3.8, 4) is 0 Å². The summed E-state index contributed by atoms with van der Waals surface area (Å²) in [6.45, 7) is 2.05. The van der Waals surface area contributed by atoms with E-state index in [1.54, 1.807) is 24.6 Å². The maximum atomic E-state index is 11.8. The fraction of sp³-hybridized carbons (Fsp3) is 0.250. The van der Waals surface area contributed by atoms with Crippen LogP contribution in [0.15, 0.2) is 27.4 Å². The molecule has 2 rings (SSSR count). The van der Waals surface area contributed by atoms with Crippen molar-refractivity contribution in [2.75, 3.05) is 17.7 Å². The van der Waals surface area contributed by atoms with Crippen LogP contribution >= 0.6 is 34.4 Å². The van der Waals surface area contributed by atoms with Crippen molar-refractivity contribution in [2.24, 2.45) is 0 Å². The van der Waals surface area contributed by atoms with Crippen molar-refractivity contribution in [1.82, 2.24) is 4.98 Å². The average Bonchev–Trinajstić information content (AvgIpc) is 3.07. The summed E-state index contributed by atoms with van der Waals surface area (Å²) in [5, 5.41) is 6.85. The molecular weight excluding hydrogens is 316 g/mol. The van der Waals surface area contributed by atoms with E-state index in [1.165, 1.54) is 34.4 Å². The summed E-state index contributed by atoms with van der Waals surface area (Å²) in [5.74, 6) is -0.331. The van der Waals surface area contributed by atoms with Crippen molar-refractivity contribution < 1.29 is 14.3 Å². The van der Waals surface area contributed by atoms with Crippen LogP contribution in [0.1, 0.15) is 17.3 Å². The highest BCUT2D eigenvalue weighted by Gasteiger charge is 2.16. The number of hydrogen-bond acceptors (Lipinski definition) is 7. The molecule has 0 atom stereocenters. The molecular formula is C12H12N2O3S3. The molecule has 0 unspecified atom stereocenters. The molecule has 0 saturated carbocycles. The highest BCUT2D eigenvalue weighted by molar-refractivity contribution is 8.01. The molecule has 0 radical (unpaired) electrons. The zero-order valence-electron chi connectivity index (χ0n) is 10.6. The van der Waals surface area contributed by atoms with Crippen LogP contribution in [-0.4, -0.2) is 29.2 Å². The second-order valence-electron chi connectivity index (χ2n) is 3.52. The lowest BCUT2D eigenvalue weighted by Crippen LogP contribution is -2.15. The zero-order valence-corrected chi connectivity index (χ0v) is 13.1. The number of rotatable bonds is 6. The van der Waals surface area contributed by atoms with E-state index in [2.05, 4.69) is 10.3 Å². The molecule has 0 spiro atoms. The van der Waals surface area contributed by atoms with Gasteiger partial charge in [0.15, 0.2) is 0 Å². The highest BCUT2D eigenvalue weighted by atomic mass is 32.2. The number of thiophene rings is 1. The van der Waals surface area contributed by atoms with Gasteiger partial charge >= 0.3 is 5.97 Å². The lowest BCUT2D eigenvalue weighted by Gasteiger charge is -2.05. The van der Waals surface area contributed by atoms with Crippen LogP contribution < -0.4 is 5.32 Å². The van der Waals surface area contributed by atoms with E-state index in [0.717, 1.165) is 4.34 Å². The largest absolute Gasteiger partial charge is 0.462 e. The van der Waals surface area contributed by atoms with Crippen LogP contribution in [0.4, 0.5) is 5.00 Å². The molecule has 106 valence electrons. The Morgan fingerprint density at radius 3 is 2.95 bits per heavy atom. The monoisotopic (exact) mass is 328 g/mol. The van der Waals surface area contributed by atoms with Crippen LogP contribution in [0.2, 0.25) is 0 Å². The second-order valence-corrected chi connectivity index (χ2v) is 6.55. The van der Waals surface area contributed by atoms with Gasteiger partial charge in [0, 0.05) is 11.6 Å².